The number of halogens is 1. The topological polar surface area (TPSA) is 113 Å². The molecule has 0 atom stereocenters. The van der Waals surface area contributed by atoms with Crippen LogP contribution in [0.2, 0.25) is 0 Å². The number of aromatic hydroxyl groups is 1. The van der Waals surface area contributed by atoms with E-state index in [4.69, 9.17) is 9.84 Å². The highest BCUT2D eigenvalue weighted by atomic mass is 79.9. The zero-order valence-electron chi connectivity index (χ0n) is 11.6. The number of carboxylic acid groups (broad SMARTS) is 1. The lowest BCUT2D eigenvalue weighted by atomic mass is 10.3. The quantitative estimate of drug-likeness (QED) is 0.640. The number of hydrogen-bond donors (Lipinski definition) is 3. The van der Waals surface area contributed by atoms with E-state index in [1.54, 1.807) is 6.07 Å². The number of rotatable bonds is 6. The lowest BCUT2D eigenvalue weighted by Gasteiger charge is -2.10. The van der Waals surface area contributed by atoms with Gasteiger partial charge in [0.05, 0.1) is 10.6 Å². The molecule has 0 spiro atoms. The molecule has 0 amide bonds. The molecule has 0 aliphatic heterocycles. The van der Waals surface area contributed by atoms with Crippen molar-refractivity contribution in [2.24, 2.45) is 0 Å². The monoisotopic (exact) mass is 401 g/mol. The molecule has 7 nitrogen and oxygen atoms in total. The molecule has 0 fully saturated rings. The Labute approximate surface area is 140 Å². The summed E-state index contributed by atoms with van der Waals surface area (Å²) >= 11 is 3.16. The number of carbonyl (C=O) groups is 1. The molecule has 3 N–H and O–H groups in total. The zero-order valence-corrected chi connectivity index (χ0v) is 14.0. The molecule has 2 aromatic carbocycles. The summed E-state index contributed by atoms with van der Waals surface area (Å²) in [4.78, 5) is 10.3. The van der Waals surface area contributed by atoms with Crippen molar-refractivity contribution in [1.29, 1.82) is 0 Å². The third-order valence-corrected chi connectivity index (χ3v) is 4.58. The summed E-state index contributed by atoms with van der Waals surface area (Å²) in [5.41, 5.74) is 0.0411. The lowest BCUT2D eigenvalue weighted by molar-refractivity contribution is -0.139. The van der Waals surface area contributed by atoms with Gasteiger partial charge in [-0.25, -0.2) is 13.2 Å². The van der Waals surface area contributed by atoms with Crippen molar-refractivity contribution in [3.8, 4) is 11.5 Å². The number of anilines is 1. The highest BCUT2D eigenvalue weighted by molar-refractivity contribution is 9.10. The van der Waals surface area contributed by atoms with Crippen LogP contribution in [0, 0.1) is 0 Å². The van der Waals surface area contributed by atoms with E-state index in [0.29, 0.717) is 4.47 Å². The van der Waals surface area contributed by atoms with E-state index < -0.39 is 22.6 Å². The van der Waals surface area contributed by atoms with Gasteiger partial charge in [0, 0.05) is 4.47 Å². The highest BCUT2D eigenvalue weighted by Gasteiger charge is 2.16. The predicted molar refractivity (Wildman–Crippen MR) is 86.2 cm³/mol. The average molecular weight is 402 g/mol. The second kappa shape index (κ2) is 6.88. The smallest absolute Gasteiger partial charge is 0.341 e. The molecule has 0 unspecified atom stereocenters. The minimum absolute atomic E-state index is 0.0411. The normalized spacial score (nSPS) is 11.0. The number of hydrogen-bond acceptors (Lipinski definition) is 5. The van der Waals surface area contributed by atoms with Crippen LogP contribution in [0.15, 0.2) is 51.8 Å². The molecule has 9 heteroatoms. The van der Waals surface area contributed by atoms with Gasteiger partial charge in [-0.3, -0.25) is 4.72 Å². The van der Waals surface area contributed by atoms with Crippen LogP contribution in [0.25, 0.3) is 0 Å². The average Bonchev–Trinajstić information content (AvgIpc) is 2.48. The summed E-state index contributed by atoms with van der Waals surface area (Å²) < 4.78 is 32.3. The standard InChI is InChI=1S/C14H12BrNO6S/c15-9-1-6-12(13(17)7-9)16-23(20,21)11-4-2-10(3-5-11)22-8-14(18)19/h1-7,16-17H,8H2,(H,18,19). The summed E-state index contributed by atoms with van der Waals surface area (Å²) in [6.45, 7) is -0.517. The molecule has 2 rings (SSSR count). The Morgan fingerprint density at radius 3 is 2.39 bits per heavy atom. The molecule has 0 aromatic heterocycles. The van der Waals surface area contributed by atoms with E-state index >= 15 is 0 Å². The summed E-state index contributed by atoms with van der Waals surface area (Å²) in [5.74, 6) is -1.11. The van der Waals surface area contributed by atoms with Crippen molar-refractivity contribution in [2.75, 3.05) is 11.3 Å². The number of aliphatic carboxylic acids is 1. The van der Waals surface area contributed by atoms with E-state index in [0.717, 1.165) is 0 Å². The minimum atomic E-state index is -3.89. The van der Waals surface area contributed by atoms with Gasteiger partial charge in [-0.15, -0.1) is 0 Å². The van der Waals surface area contributed by atoms with Crippen LogP contribution in [0.1, 0.15) is 0 Å². The molecule has 122 valence electrons. The van der Waals surface area contributed by atoms with Gasteiger partial charge in [0.1, 0.15) is 11.5 Å². The van der Waals surface area contributed by atoms with Crippen LogP contribution in [0.3, 0.4) is 0 Å². The number of phenols is 1. The first-order valence-corrected chi connectivity index (χ1v) is 8.51. The summed E-state index contributed by atoms with van der Waals surface area (Å²) in [7, 11) is -3.89. The maximum Gasteiger partial charge on any atom is 0.341 e. The largest absolute Gasteiger partial charge is 0.506 e. The second-order valence-electron chi connectivity index (χ2n) is 4.42. The fourth-order valence-electron chi connectivity index (χ4n) is 1.65. The number of ether oxygens (including phenoxy) is 1. The van der Waals surface area contributed by atoms with Gasteiger partial charge < -0.3 is 14.9 Å². The van der Waals surface area contributed by atoms with Gasteiger partial charge in [0.25, 0.3) is 10.0 Å². The van der Waals surface area contributed by atoms with Crippen LogP contribution in [0.5, 0.6) is 11.5 Å². The Morgan fingerprint density at radius 1 is 1.17 bits per heavy atom. The van der Waals surface area contributed by atoms with E-state index in [9.17, 15) is 18.3 Å². The van der Waals surface area contributed by atoms with Crippen LogP contribution in [-0.4, -0.2) is 31.2 Å². The van der Waals surface area contributed by atoms with E-state index in [2.05, 4.69) is 20.7 Å². The molecular weight excluding hydrogens is 390 g/mol. The van der Waals surface area contributed by atoms with Crippen molar-refractivity contribution in [2.45, 2.75) is 4.90 Å². The van der Waals surface area contributed by atoms with Crippen LogP contribution < -0.4 is 9.46 Å². The Hall–Kier alpha value is -2.26. The van der Waals surface area contributed by atoms with Crippen molar-refractivity contribution >= 4 is 37.6 Å². The Bertz CT molecular complexity index is 820. The van der Waals surface area contributed by atoms with Crippen LogP contribution in [-0.2, 0) is 14.8 Å². The molecular formula is C14H12BrNO6S. The van der Waals surface area contributed by atoms with Gasteiger partial charge in [-0.1, -0.05) is 15.9 Å². The molecule has 0 saturated carbocycles. The molecule has 2 aromatic rings. The molecule has 0 aliphatic rings. The molecule has 23 heavy (non-hydrogen) atoms. The zero-order chi connectivity index (χ0) is 17.0. The molecule has 0 saturated heterocycles. The Balaban J connectivity index is 2.17. The van der Waals surface area contributed by atoms with E-state index in [1.807, 2.05) is 0 Å². The van der Waals surface area contributed by atoms with Gasteiger partial charge in [-0.05, 0) is 42.5 Å². The van der Waals surface area contributed by atoms with Crippen LogP contribution >= 0.6 is 15.9 Å². The number of nitrogens with one attached hydrogen (secondary N) is 1. The fraction of sp³-hybridized carbons (Fsp3) is 0.0714. The number of carboxylic acids is 1. The lowest BCUT2D eigenvalue weighted by Crippen LogP contribution is -2.13. The predicted octanol–water partition coefficient (Wildman–Crippen LogP) is 2.42. The summed E-state index contributed by atoms with van der Waals surface area (Å²) in [6, 6.07) is 9.60. The SMILES string of the molecule is O=C(O)COc1ccc(S(=O)(=O)Nc2ccc(Br)cc2O)cc1. The molecule has 0 radical (unpaired) electrons. The van der Waals surface area contributed by atoms with Gasteiger partial charge in [-0.2, -0.15) is 0 Å². The Morgan fingerprint density at radius 2 is 1.83 bits per heavy atom. The van der Waals surface area contributed by atoms with E-state index in [-0.39, 0.29) is 22.1 Å². The van der Waals surface area contributed by atoms with Crippen molar-refractivity contribution in [3.63, 3.8) is 0 Å². The van der Waals surface area contributed by atoms with Crippen molar-refractivity contribution in [1.82, 2.24) is 0 Å². The van der Waals surface area contributed by atoms with E-state index in [1.165, 1.54) is 36.4 Å². The first-order valence-electron chi connectivity index (χ1n) is 6.24. The van der Waals surface area contributed by atoms with Gasteiger partial charge >= 0.3 is 5.97 Å². The summed E-state index contributed by atoms with van der Waals surface area (Å²) in [6.07, 6.45) is 0. The Kier molecular flexibility index (Phi) is 5.12. The maximum atomic E-state index is 12.2. The van der Waals surface area contributed by atoms with Gasteiger partial charge in [0.2, 0.25) is 0 Å². The number of benzene rings is 2. The first-order chi connectivity index (χ1) is 10.8. The second-order valence-corrected chi connectivity index (χ2v) is 7.02. The third-order valence-electron chi connectivity index (χ3n) is 2.70. The fourth-order valence-corrected chi connectivity index (χ4v) is 3.08. The van der Waals surface area contributed by atoms with Crippen LogP contribution in [0.4, 0.5) is 5.69 Å². The minimum Gasteiger partial charge on any atom is -0.506 e. The maximum absolute atomic E-state index is 12.2. The third kappa shape index (κ3) is 4.60. The number of sulfonamides is 1. The number of phenolic OH excluding ortho intramolecular Hbond substituents is 1. The van der Waals surface area contributed by atoms with Crippen molar-refractivity contribution in [3.05, 3.63) is 46.9 Å². The molecule has 0 bridgehead atoms. The first kappa shape index (κ1) is 17.1. The molecule has 0 aliphatic carbocycles. The summed E-state index contributed by atoms with van der Waals surface area (Å²) in [5, 5.41) is 18.2. The van der Waals surface area contributed by atoms with Gasteiger partial charge in [0.15, 0.2) is 6.61 Å². The highest BCUT2D eigenvalue weighted by Crippen LogP contribution is 2.29. The molecule has 0 heterocycles. The van der Waals surface area contributed by atoms with Crippen molar-refractivity contribution < 1.29 is 28.2 Å².